The van der Waals surface area contributed by atoms with E-state index >= 15 is 0 Å². The van der Waals surface area contributed by atoms with E-state index in [2.05, 4.69) is 6.58 Å². The highest BCUT2D eigenvalue weighted by molar-refractivity contribution is 6.20. The van der Waals surface area contributed by atoms with E-state index in [1.54, 1.807) is 0 Å². The maximum atomic E-state index is 13.9. The Morgan fingerprint density at radius 3 is 2.23 bits per heavy atom. The van der Waals surface area contributed by atoms with Crippen LogP contribution in [-0.2, 0) is 28.7 Å². The molecule has 2 fully saturated rings. The van der Waals surface area contributed by atoms with Crippen molar-refractivity contribution in [3.63, 3.8) is 0 Å². The van der Waals surface area contributed by atoms with Gasteiger partial charge in [0.2, 0.25) is 5.78 Å². The number of ketones is 2. The molecule has 1 N–H and O–H groups in total. The van der Waals surface area contributed by atoms with Crippen LogP contribution in [0.5, 0.6) is 0 Å². The quantitative estimate of drug-likeness (QED) is 0.529. The van der Waals surface area contributed by atoms with Crippen molar-refractivity contribution >= 4 is 23.5 Å². The Morgan fingerprint density at radius 2 is 1.71 bits per heavy atom. The molecule has 0 saturated heterocycles. The van der Waals surface area contributed by atoms with Crippen molar-refractivity contribution < 1.29 is 33.8 Å². The highest BCUT2D eigenvalue weighted by atomic mass is 16.6. The molecule has 0 aromatic rings. The number of aliphatic hydroxyl groups is 1. The fourth-order valence-corrected chi connectivity index (χ4v) is 6.40. The first-order valence-corrected chi connectivity index (χ1v) is 10.9. The van der Waals surface area contributed by atoms with Gasteiger partial charge in [-0.1, -0.05) is 32.9 Å². The van der Waals surface area contributed by atoms with E-state index in [4.69, 9.17) is 9.47 Å². The number of rotatable bonds is 2. The van der Waals surface area contributed by atoms with Gasteiger partial charge >= 0.3 is 11.9 Å². The van der Waals surface area contributed by atoms with Crippen molar-refractivity contribution in [1.29, 1.82) is 0 Å². The molecule has 7 heteroatoms. The summed E-state index contributed by atoms with van der Waals surface area (Å²) in [5.74, 6) is -2.63. The lowest BCUT2D eigenvalue weighted by Gasteiger charge is -2.55. The third kappa shape index (κ3) is 2.81. The average molecular weight is 430 g/mol. The Bertz CT molecular complexity index is 946. The van der Waals surface area contributed by atoms with E-state index in [1.807, 2.05) is 20.8 Å². The number of Topliss-reactive ketones (excluding diaryl/α,β-unsaturated/α-hetero) is 2. The summed E-state index contributed by atoms with van der Waals surface area (Å²) in [6.07, 6.45) is -1.91. The lowest BCUT2D eigenvalue weighted by molar-refractivity contribution is -0.166. The van der Waals surface area contributed by atoms with Crippen LogP contribution in [0, 0.1) is 28.6 Å². The van der Waals surface area contributed by atoms with E-state index in [1.165, 1.54) is 13.8 Å². The standard InChI is InChI=1S/C24H30O7/c1-10-7-8-23(6)16(12(10)3)18(27)20(30-13(4)25)15-17(23)19(28)22(31-14(5)26)24(21(15)29)9-11(24)2/h10-11,16,18,20,22,27H,3,7-9H2,1-2,4-6H3/t10-,11+,16?,18+,20+,22?,23+,24-/m1/s1. The zero-order valence-corrected chi connectivity index (χ0v) is 18.7. The van der Waals surface area contributed by atoms with Gasteiger partial charge in [0, 0.05) is 36.3 Å². The van der Waals surface area contributed by atoms with Crippen LogP contribution in [0.2, 0.25) is 0 Å². The predicted octanol–water partition coefficient (Wildman–Crippen LogP) is 2.31. The third-order valence-electron chi connectivity index (χ3n) is 8.15. The molecule has 0 radical (unpaired) electrons. The number of hydrogen-bond donors (Lipinski definition) is 1. The third-order valence-corrected chi connectivity index (χ3v) is 8.15. The second-order valence-electron chi connectivity index (χ2n) is 10.0. The molecule has 0 aromatic carbocycles. The highest BCUT2D eigenvalue weighted by Crippen LogP contribution is 2.65. The molecule has 31 heavy (non-hydrogen) atoms. The van der Waals surface area contributed by atoms with Gasteiger partial charge in [-0.15, -0.1) is 0 Å². The van der Waals surface area contributed by atoms with Crippen LogP contribution in [0.1, 0.15) is 53.9 Å². The van der Waals surface area contributed by atoms with Gasteiger partial charge in [-0.25, -0.2) is 0 Å². The summed E-state index contributed by atoms with van der Waals surface area (Å²) in [6.45, 7) is 12.3. The Hall–Kier alpha value is -2.28. The molecule has 2 unspecified atom stereocenters. The lowest BCUT2D eigenvalue weighted by atomic mass is 9.50. The first-order chi connectivity index (χ1) is 14.4. The number of carbonyl (C=O) groups is 4. The second kappa shape index (κ2) is 6.86. The SMILES string of the molecule is C=C1C2[C@H](O)[C@@H](OC(C)=O)C3=C(C(=O)C(OC(C)=O)[C@@]4(C[C@@H]4C)C3=O)[C@@]2(C)CC[C@H]1C. The van der Waals surface area contributed by atoms with Crippen LogP contribution in [-0.4, -0.2) is 46.9 Å². The van der Waals surface area contributed by atoms with Crippen molar-refractivity contribution in [2.45, 2.75) is 72.2 Å². The summed E-state index contributed by atoms with van der Waals surface area (Å²) < 4.78 is 10.9. The molecular formula is C24H30O7. The van der Waals surface area contributed by atoms with Crippen molar-refractivity contribution in [2.24, 2.45) is 28.6 Å². The number of aliphatic hydroxyl groups excluding tert-OH is 1. The van der Waals surface area contributed by atoms with Gasteiger partial charge in [0.25, 0.3) is 0 Å². The zero-order chi connectivity index (χ0) is 23.0. The number of hydrogen-bond acceptors (Lipinski definition) is 7. The summed E-state index contributed by atoms with van der Waals surface area (Å²) in [4.78, 5) is 51.5. The van der Waals surface area contributed by atoms with Gasteiger partial charge in [0.15, 0.2) is 18.0 Å². The summed E-state index contributed by atoms with van der Waals surface area (Å²) in [6, 6.07) is 0. The molecule has 168 valence electrons. The molecule has 0 amide bonds. The molecule has 4 rings (SSSR count). The van der Waals surface area contributed by atoms with Crippen LogP contribution >= 0.6 is 0 Å². The molecule has 4 aliphatic carbocycles. The fourth-order valence-electron chi connectivity index (χ4n) is 6.40. The van der Waals surface area contributed by atoms with Crippen LogP contribution in [0.15, 0.2) is 23.3 Å². The zero-order valence-electron chi connectivity index (χ0n) is 18.7. The Morgan fingerprint density at radius 1 is 1.13 bits per heavy atom. The van der Waals surface area contributed by atoms with Crippen molar-refractivity contribution in [3.8, 4) is 0 Å². The summed E-state index contributed by atoms with van der Waals surface area (Å²) in [7, 11) is 0. The van der Waals surface area contributed by atoms with Gasteiger partial charge in [0.05, 0.1) is 5.41 Å². The molecule has 1 spiro atoms. The molecule has 0 aromatic heterocycles. The maximum absolute atomic E-state index is 13.9. The molecule has 0 heterocycles. The second-order valence-corrected chi connectivity index (χ2v) is 10.0. The van der Waals surface area contributed by atoms with Gasteiger partial charge in [-0.05, 0) is 31.1 Å². The normalized spacial score (nSPS) is 44.0. The van der Waals surface area contributed by atoms with E-state index in [0.29, 0.717) is 12.8 Å². The molecule has 7 nitrogen and oxygen atoms in total. The summed E-state index contributed by atoms with van der Waals surface area (Å²) in [5, 5.41) is 11.4. The van der Waals surface area contributed by atoms with Gasteiger partial charge in [-0.3, -0.25) is 19.2 Å². The van der Waals surface area contributed by atoms with Crippen LogP contribution < -0.4 is 0 Å². The van der Waals surface area contributed by atoms with Crippen molar-refractivity contribution in [3.05, 3.63) is 23.3 Å². The minimum atomic E-state index is -1.24. The van der Waals surface area contributed by atoms with Gasteiger partial charge in [0.1, 0.15) is 6.10 Å². The van der Waals surface area contributed by atoms with Crippen molar-refractivity contribution in [1.82, 2.24) is 0 Å². The van der Waals surface area contributed by atoms with Gasteiger partial charge < -0.3 is 14.6 Å². The lowest BCUT2D eigenvalue weighted by Crippen LogP contribution is -2.61. The minimum Gasteiger partial charge on any atom is -0.455 e. The molecule has 2 saturated carbocycles. The first-order valence-electron chi connectivity index (χ1n) is 10.9. The Balaban J connectivity index is 1.97. The smallest absolute Gasteiger partial charge is 0.303 e. The monoisotopic (exact) mass is 430 g/mol. The Kier molecular flexibility index (Phi) is 4.85. The van der Waals surface area contributed by atoms with E-state index < -0.39 is 52.8 Å². The molecule has 0 bridgehead atoms. The first kappa shape index (κ1) is 21.9. The minimum absolute atomic E-state index is 0.0848. The number of carbonyl (C=O) groups excluding carboxylic acids is 4. The number of ether oxygens (including phenoxy) is 2. The summed E-state index contributed by atoms with van der Waals surface area (Å²) in [5.41, 5.74) is -0.916. The van der Waals surface area contributed by atoms with Gasteiger partial charge in [-0.2, -0.15) is 0 Å². The number of fused-ring (bicyclic) bond motifs is 2. The van der Waals surface area contributed by atoms with Crippen LogP contribution in [0.25, 0.3) is 0 Å². The summed E-state index contributed by atoms with van der Waals surface area (Å²) >= 11 is 0. The molecule has 0 aliphatic heterocycles. The highest BCUT2D eigenvalue weighted by Gasteiger charge is 2.73. The molecule has 4 aliphatic rings. The van der Waals surface area contributed by atoms with E-state index in [-0.39, 0.29) is 28.8 Å². The van der Waals surface area contributed by atoms with E-state index in [9.17, 15) is 24.3 Å². The van der Waals surface area contributed by atoms with Crippen LogP contribution in [0.4, 0.5) is 0 Å². The van der Waals surface area contributed by atoms with E-state index in [0.717, 1.165) is 12.0 Å². The number of esters is 2. The topological polar surface area (TPSA) is 107 Å². The fraction of sp³-hybridized carbons (Fsp3) is 0.667. The van der Waals surface area contributed by atoms with Crippen molar-refractivity contribution in [2.75, 3.05) is 0 Å². The Labute approximate surface area is 181 Å². The largest absolute Gasteiger partial charge is 0.455 e. The molecule has 8 atom stereocenters. The van der Waals surface area contributed by atoms with Crippen LogP contribution in [0.3, 0.4) is 0 Å². The maximum Gasteiger partial charge on any atom is 0.303 e. The molecular weight excluding hydrogens is 400 g/mol. The average Bonchev–Trinajstić information content (AvgIpc) is 3.34. The predicted molar refractivity (Wildman–Crippen MR) is 110 cm³/mol.